The average Bonchev–Trinajstić information content (AvgIpc) is 2.96. The molecule has 0 radical (unpaired) electrons. The molecule has 6 heteroatoms. The van der Waals surface area contributed by atoms with Crippen LogP contribution in [0, 0.1) is 0 Å². The molecule has 1 aromatic heterocycles. The first kappa shape index (κ1) is 14.7. The van der Waals surface area contributed by atoms with Gasteiger partial charge in [0.05, 0.1) is 12.6 Å². The van der Waals surface area contributed by atoms with Gasteiger partial charge in [0.15, 0.2) is 5.82 Å². The van der Waals surface area contributed by atoms with Crippen LogP contribution in [0.5, 0.6) is 0 Å². The second-order valence-corrected chi connectivity index (χ2v) is 5.65. The maximum Gasteiger partial charge on any atom is 0.240 e. The second-order valence-electron chi connectivity index (χ2n) is 5.65. The second kappa shape index (κ2) is 6.70. The summed E-state index contributed by atoms with van der Waals surface area (Å²) in [5.74, 6) is 0.927. The Balaban J connectivity index is 1.65. The van der Waals surface area contributed by atoms with Gasteiger partial charge in [-0.25, -0.2) is 0 Å². The van der Waals surface area contributed by atoms with Crippen LogP contribution in [0.1, 0.15) is 36.5 Å². The van der Waals surface area contributed by atoms with Gasteiger partial charge in [-0.05, 0) is 24.9 Å². The molecular formula is C16H20N4O2. The number of carbonyl (C=O) groups is 1. The first-order valence-electron chi connectivity index (χ1n) is 7.61. The van der Waals surface area contributed by atoms with Gasteiger partial charge in [0.2, 0.25) is 11.8 Å². The fraction of sp³-hybridized carbons (Fsp3) is 0.438. The van der Waals surface area contributed by atoms with Gasteiger partial charge in [0.25, 0.3) is 0 Å². The Labute approximate surface area is 129 Å². The normalized spacial score (nSPS) is 19.2. The first-order chi connectivity index (χ1) is 10.7. The number of rotatable bonds is 5. The molecule has 1 aliphatic heterocycles. The molecule has 0 unspecified atom stereocenters. The Morgan fingerprint density at radius 2 is 2.14 bits per heavy atom. The van der Waals surface area contributed by atoms with E-state index >= 15 is 0 Å². The molecule has 22 heavy (non-hydrogen) atoms. The van der Waals surface area contributed by atoms with Crippen molar-refractivity contribution < 1.29 is 9.32 Å². The van der Waals surface area contributed by atoms with E-state index in [2.05, 4.69) is 10.1 Å². The minimum absolute atomic E-state index is 0.224. The van der Waals surface area contributed by atoms with Crippen molar-refractivity contribution in [1.82, 2.24) is 15.0 Å². The molecule has 0 saturated carbocycles. The molecule has 0 bridgehead atoms. The number of hydrogen-bond donors (Lipinski definition) is 1. The summed E-state index contributed by atoms with van der Waals surface area (Å²) in [6.45, 7) is 1.32. The molecule has 1 saturated heterocycles. The van der Waals surface area contributed by atoms with Crippen LogP contribution in [-0.2, 0) is 17.8 Å². The van der Waals surface area contributed by atoms with E-state index in [1.807, 2.05) is 35.2 Å². The highest BCUT2D eigenvalue weighted by atomic mass is 16.5. The van der Waals surface area contributed by atoms with E-state index < -0.39 is 0 Å². The SMILES string of the molecule is NC(=O)[C@@H]1CCCCN1Cc1nc(Cc2ccccc2)no1. The Morgan fingerprint density at radius 3 is 2.91 bits per heavy atom. The number of hydrogen-bond acceptors (Lipinski definition) is 5. The number of nitrogens with zero attached hydrogens (tertiary/aromatic N) is 3. The molecule has 2 aromatic rings. The third-order valence-corrected chi connectivity index (χ3v) is 4.00. The third kappa shape index (κ3) is 3.51. The van der Waals surface area contributed by atoms with E-state index in [1.54, 1.807) is 0 Å². The van der Waals surface area contributed by atoms with Gasteiger partial charge in [0.1, 0.15) is 0 Å². The van der Waals surface area contributed by atoms with Crippen molar-refractivity contribution in [3.05, 3.63) is 47.6 Å². The fourth-order valence-corrected chi connectivity index (χ4v) is 2.88. The number of primary amides is 1. The number of nitrogens with two attached hydrogens (primary N) is 1. The van der Waals surface area contributed by atoms with E-state index in [0.29, 0.717) is 24.7 Å². The highest BCUT2D eigenvalue weighted by Crippen LogP contribution is 2.19. The zero-order valence-electron chi connectivity index (χ0n) is 12.4. The van der Waals surface area contributed by atoms with Crippen LogP contribution in [-0.4, -0.2) is 33.5 Å². The predicted molar refractivity (Wildman–Crippen MR) is 80.8 cm³/mol. The molecule has 116 valence electrons. The molecule has 2 heterocycles. The summed E-state index contributed by atoms with van der Waals surface area (Å²) in [7, 11) is 0. The van der Waals surface area contributed by atoms with Crippen LogP contribution in [0.15, 0.2) is 34.9 Å². The molecule has 6 nitrogen and oxygen atoms in total. The first-order valence-corrected chi connectivity index (χ1v) is 7.61. The van der Waals surface area contributed by atoms with E-state index in [4.69, 9.17) is 10.3 Å². The number of aromatic nitrogens is 2. The van der Waals surface area contributed by atoms with Crippen LogP contribution in [0.3, 0.4) is 0 Å². The standard InChI is InChI=1S/C16H20N4O2/c17-16(21)13-8-4-5-9-20(13)11-15-18-14(19-22-15)10-12-6-2-1-3-7-12/h1-3,6-7,13H,4-5,8-11H2,(H2,17,21)/t13-/m0/s1. The summed E-state index contributed by atoms with van der Waals surface area (Å²) in [6, 6.07) is 9.79. The molecule has 1 aromatic carbocycles. The molecule has 0 aliphatic carbocycles. The van der Waals surface area contributed by atoms with Crippen LogP contribution < -0.4 is 5.73 Å². The lowest BCUT2D eigenvalue weighted by molar-refractivity contribution is -0.124. The van der Waals surface area contributed by atoms with Crippen LogP contribution in [0.25, 0.3) is 0 Å². The van der Waals surface area contributed by atoms with Crippen molar-refractivity contribution in [1.29, 1.82) is 0 Å². The third-order valence-electron chi connectivity index (χ3n) is 4.00. The Morgan fingerprint density at radius 1 is 1.32 bits per heavy atom. The number of benzene rings is 1. The maximum absolute atomic E-state index is 11.5. The summed E-state index contributed by atoms with van der Waals surface area (Å²) in [4.78, 5) is 18.0. The van der Waals surface area contributed by atoms with Gasteiger partial charge in [-0.1, -0.05) is 41.9 Å². The number of piperidine rings is 1. The minimum Gasteiger partial charge on any atom is -0.368 e. The molecule has 3 rings (SSSR count). The van der Waals surface area contributed by atoms with E-state index in [9.17, 15) is 4.79 Å². The van der Waals surface area contributed by atoms with Crippen molar-refractivity contribution in [2.75, 3.05) is 6.54 Å². The highest BCUT2D eigenvalue weighted by molar-refractivity contribution is 5.79. The zero-order chi connectivity index (χ0) is 15.4. The lowest BCUT2D eigenvalue weighted by atomic mass is 10.0. The Kier molecular flexibility index (Phi) is 4.48. The molecule has 1 amide bonds. The lowest BCUT2D eigenvalue weighted by Gasteiger charge is -2.32. The van der Waals surface area contributed by atoms with Gasteiger partial charge < -0.3 is 10.3 Å². The van der Waals surface area contributed by atoms with Gasteiger partial charge in [-0.2, -0.15) is 4.98 Å². The van der Waals surface area contributed by atoms with Crippen molar-refractivity contribution >= 4 is 5.91 Å². The topological polar surface area (TPSA) is 85.3 Å². The predicted octanol–water partition coefficient (Wildman–Crippen LogP) is 1.50. The summed E-state index contributed by atoms with van der Waals surface area (Å²) in [6.07, 6.45) is 3.55. The number of likely N-dealkylation sites (tertiary alicyclic amines) is 1. The van der Waals surface area contributed by atoms with Crippen molar-refractivity contribution in [3.63, 3.8) is 0 Å². The smallest absolute Gasteiger partial charge is 0.240 e. The zero-order valence-corrected chi connectivity index (χ0v) is 12.4. The van der Waals surface area contributed by atoms with E-state index in [1.165, 1.54) is 0 Å². The Hall–Kier alpha value is -2.21. The quantitative estimate of drug-likeness (QED) is 0.904. The molecule has 1 aliphatic rings. The van der Waals surface area contributed by atoms with Crippen LogP contribution in [0.4, 0.5) is 0 Å². The molecule has 1 atom stereocenters. The molecule has 0 spiro atoms. The van der Waals surface area contributed by atoms with Crippen molar-refractivity contribution in [2.45, 2.75) is 38.3 Å². The van der Waals surface area contributed by atoms with Crippen LogP contribution >= 0.6 is 0 Å². The van der Waals surface area contributed by atoms with Crippen LogP contribution in [0.2, 0.25) is 0 Å². The van der Waals surface area contributed by atoms with Gasteiger partial charge in [0, 0.05) is 6.42 Å². The van der Waals surface area contributed by atoms with E-state index in [0.717, 1.165) is 31.4 Å². The summed E-state index contributed by atoms with van der Waals surface area (Å²) in [5.41, 5.74) is 6.61. The molecule has 1 fully saturated rings. The lowest BCUT2D eigenvalue weighted by Crippen LogP contribution is -2.47. The van der Waals surface area contributed by atoms with Crippen molar-refractivity contribution in [3.8, 4) is 0 Å². The average molecular weight is 300 g/mol. The molecule has 2 N–H and O–H groups in total. The summed E-state index contributed by atoms with van der Waals surface area (Å²) in [5, 5.41) is 4.02. The summed E-state index contributed by atoms with van der Waals surface area (Å²) >= 11 is 0. The Bertz CT molecular complexity index is 626. The van der Waals surface area contributed by atoms with Gasteiger partial charge in [-0.3, -0.25) is 9.69 Å². The monoisotopic (exact) mass is 300 g/mol. The van der Waals surface area contributed by atoms with Crippen molar-refractivity contribution in [2.24, 2.45) is 5.73 Å². The highest BCUT2D eigenvalue weighted by Gasteiger charge is 2.28. The fourth-order valence-electron chi connectivity index (χ4n) is 2.88. The summed E-state index contributed by atoms with van der Waals surface area (Å²) < 4.78 is 5.31. The van der Waals surface area contributed by atoms with Gasteiger partial charge >= 0.3 is 0 Å². The number of amides is 1. The minimum atomic E-state index is -0.274. The number of carbonyl (C=O) groups excluding carboxylic acids is 1. The van der Waals surface area contributed by atoms with Gasteiger partial charge in [-0.15, -0.1) is 0 Å². The molecular weight excluding hydrogens is 280 g/mol. The van der Waals surface area contributed by atoms with E-state index in [-0.39, 0.29) is 11.9 Å². The maximum atomic E-state index is 11.5. The largest absolute Gasteiger partial charge is 0.368 e.